The van der Waals surface area contributed by atoms with Gasteiger partial charge in [0.2, 0.25) is 5.95 Å². The van der Waals surface area contributed by atoms with Gasteiger partial charge in [0, 0.05) is 36.2 Å². The number of esters is 1. The number of pyridine rings is 2. The molecule has 0 N–H and O–H groups in total. The maximum atomic E-state index is 14.7. The van der Waals surface area contributed by atoms with Crippen LogP contribution in [0.15, 0.2) is 29.0 Å². The highest BCUT2D eigenvalue weighted by molar-refractivity contribution is 9.10. The monoisotopic (exact) mass is 509 g/mol. The van der Waals surface area contributed by atoms with Gasteiger partial charge in [-0.2, -0.15) is 4.39 Å². The van der Waals surface area contributed by atoms with Crippen LogP contribution in [0.3, 0.4) is 0 Å². The lowest BCUT2D eigenvalue weighted by Crippen LogP contribution is -2.41. The summed E-state index contributed by atoms with van der Waals surface area (Å²) in [7, 11) is 0. The zero-order valence-electron chi connectivity index (χ0n) is 19.0. The second kappa shape index (κ2) is 10.2. The summed E-state index contributed by atoms with van der Waals surface area (Å²) in [5, 5.41) is 0. The third-order valence-corrected chi connectivity index (χ3v) is 5.99. The first-order valence-electron chi connectivity index (χ1n) is 10.9. The van der Waals surface area contributed by atoms with Crippen molar-refractivity contribution in [1.82, 2.24) is 9.97 Å². The number of hydrogen-bond acceptors (Lipinski definition) is 5. The SMILES string of the molecule is C[C@@H]1C[C@H](CC(=O)OC(C)(C)C)CN(c2ccnc(F)c2CCc2ccc(F)c(Br)n2)C1. The van der Waals surface area contributed by atoms with Crippen molar-refractivity contribution in [1.29, 1.82) is 0 Å². The Morgan fingerprint density at radius 2 is 1.97 bits per heavy atom. The number of carbonyl (C=O) groups is 1. The summed E-state index contributed by atoms with van der Waals surface area (Å²) in [6.07, 6.45) is 3.59. The molecule has 0 unspecified atom stereocenters. The molecule has 8 heteroatoms. The van der Waals surface area contributed by atoms with Gasteiger partial charge in [0.25, 0.3) is 0 Å². The Hall–Kier alpha value is -2.09. The van der Waals surface area contributed by atoms with Crippen LogP contribution >= 0.6 is 15.9 Å². The van der Waals surface area contributed by atoms with Crippen molar-refractivity contribution in [2.45, 2.75) is 59.0 Å². The third kappa shape index (κ3) is 6.70. The van der Waals surface area contributed by atoms with Crippen LogP contribution in [0.4, 0.5) is 14.5 Å². The van der Waals surface area contributed by atoms with Gasteiger partial charge in [0.15, 0.2) is 5.82 Å². The van der Waals surface area contributed by atoms with Gasteiger partial charge in [-0.25, -0.2) is 14.4 Å². The standard InChI is InChI=1S/C24H30BrF2N3O2/c1-15-11-16(12-21(31)32-24(2,3)4)14-30(13-15)20-9-10-28-23(27)18(20)7-5-17-6-8-19(26)22(25)29-17/h6,8-10,15-16H,5,7,11-14H2,1-4H3/t15-,16-/m1/s1. The van der Waals surface area contributed by atoms with Crippen molar-refractivity contribution in [3.05, 3.63) is 52.0 Å². The van der Waals surface area contributed by atoms with Crippen molar-refractivity contribution in [2.75, 3.05) is 18.0 Å². The summed E-state index contributed by atoms with van der Waals surface area (Å²) in [5.41, 5.74) is 1.46. The van der Waals surface area contributed by atoms with Crippen molar-refractivity contribution < 1.29 is 18.3 Å². The molecule has 2 aromatic heterocycles. The summed E-state index contributed by atoms with van der Waals surface area (Å²) in [5.74, 6) is -0.654. The first kappa shape index (κ1) is 24.6. The van der Waals surface area contributed by atoms with Crippen LogP contribution in [0, 0.1) is 23.6 Å². The Morgan fingerprint density at radius 1 is 1.22 bits per heavy atom. The van der Waals surface area contributed by atoms with Gasteiger partial charge >= 0.3 is 5.97 Å². The molecule has 0 spiro atoms. The van der Waals surface area contributed by atoms with Gasteiger partial charge in [-0.3, -0.25) is 4.79 Å². The average Bonchev–Trinajstić information content (AvgIpc) is 2.67. The van der Waals surface area contributed by atoms with Gasteiger partial charge in [-0.1, -0.05) is 6.92 Å². The van der Waals surface area contributed by atoms with Crippen molar-refractivity contribution >= 4 is 27.6 Å². The molecule has 0 aliphatic carbocycles. The molecule has 0 saturated carbocycles. The maximum Gasteiger partial charge on any atom is 0.306 e. The Morgan fingerprint density at radius 3 is 2.66 bits per heavy atom. The van der Waals surface area contributed by atoms with E-state index in [2.05, 4.69) is 37.7 Å². The molecule has 174 valence electrons. The average molecular weight is 510 g/mol. The lowest BCUT2D eigenvalue weighted by atomic mass is 9.87. The number of piperidine rings is 1. The van der Waals surface area contributed by atoms with Crippen LogP contribution in [-0.2, 0) is 22.4 Å². The second-order valence-electron chi connectivity index (χ2n) is 9.58. The van der Waals surface area contributed by atoms with E-state index in [-0.39, 0.29) is 16.5 Å². The Labute approximate surface area is 196 Å². The van der Waals surface area contributed by atoms with Gasteiger partial charge in [-0.05, 0) is 86.0 Å². The molecular weight excluding hydrogens is 480 g/mol. The van der Waals surface area contributed by atoms with Crippen LogP contribution < -0.4 is 4.90 Å². The van der Waals surface area contributed by atoms with E-state index in [0.717, 1.165) is 18.7 Å². The molecule has 2 atom stereocenters. The number of halogens is 3. The van der Waals surface area contributed by atoms with Gasteiger partial charge < -0.3 is 9.64 Å². The molecule has 3 rings (SSSR count). The van der Waals surface area contributed by atoms with Crippen LogP contribution in [0.25, 0.3) is 0 Å². The molecule has 3 heterocycles. The number of nitrogens with zero attached hydrogens (tertiary/aromatic N) is 3. The quantitative estimate of drug-likeness (QED) is 0.380. The second-order valence-corrected chi connectivity index (χ2v) is 10.3. The molecule has 1 fully saturated rings. The molecular formula is C24H30BrF2N3O2. The fraction of sp³-hybridized carbons (Fsp3) is 0.542. The Kier molecular flexibility index (Phi) is 7.85. The number of ether oxygens (including phenoxy) is 1. The number of carbonyl (C=O) groups excluding carboxylic acids is 1. The fourth-order valence-electron chi connectivity index (χ4n) is 4.28. The maximum absolute atomic E-state index is 14.7. The highest BCUT2D eigenvalue weighted by Crippen LogP contribution is 2.32. The summed E-state index contributed by atoms with van der Waals surface area (Å²) < 4.78 is 33.9. The minimum atomic E-state index is -0.512. The predicted molar refractivity (Wildman–Crippen MR) is 123 cm³/mol. The molecule has 32 heavy (non-hydrogen) atoms. The molecule has 0 aromatic carbocycles. The summed E-state index contributed by atoms with van der Waals surface area (Å²) >= 11 is 3.10. The largest absolute Gasteiger partial charge is 0.460 e. The third-order valence-electron chi connectivity index (χ3n) is 5.43. The fourth-order valence-corrected chi connectivity index (χ4v) is 4.64. The highest BCUT2D eigenvalue weighted by Gasteiger charge is 2.30. The van der Waals surface area contributed by atoms with Gasteiger partial charge in [-0.15, -0.1) is 0 Å². The van der Waals surface area contributed by atoms with E-state index in [4.69, 9.17) is 4.74 Å². The number of hydrogen-bond donors (Lipinski definition) is 0. The summed E-state index contributed by atoms with van der Waals surface area (Å²) in [6, 6.07) is 4.78. The first-order valence-corrected chi connectivity index (χ1v) is 11.7. The van der Waals surface area contributed by atoms with E-state index in [1.54, 1.807) is 6.07 Å². The van der Waals surface area contributed by atoms with Crippen LogP contribution in [0.1, 0.15) is 51.8 Å². The number of aromatic nitrogens is 2. The molecule has 1 saturated heterocycles. The predicted octanol–water partition coefficient (Wildman–Crippen LogP) is 5.50. The molecule has 0 bridgehead atoms. The molecule has 5 nitrogen and oxygen atoms in total. The van der Waals surface area contributed by atoms with E-state index >= 15 is 0 Å². The minimum absolute atomic E-state index is 0.132. The van der Waals surface area contributed by atoms with E-state index in [1.807, 2.05) is 26.8 Å². The van der Waals surface area contributed by atoms with Crippen LogP contribution in [-0.4, -0.2) is 34.6 Å². The topological polar surface area (TPSA) is 55.3 Å². The lowest BCUT2D eigenvalue weighted by molar-refractivity contribution is -0.156. The van der Waals surface area contributed by atoms with Crippen molar-refractivity contribution in [3.8, 4) is 0 Å². The minimum Gasteiger partial charge on any atom is -0.460 e. The zero-order chi connectivity index (χ0) is 23.5. The van der Waals surface area contributed by atoms with E-state index in [1.165, 1.54) is 12.3 Å². The Bertz CT molecular complexity index is 965. The number of aryl methyl sites for hydroxylation is 1. The van der Waals surface area contributed by atoms with Gasteiger partial charge in [0.1, 0.15) is 10.2 Å². The van der Waals surface area contributed by atoms with Crippen LogP contribution in [0.5, 0.6) is 0 Å². The summed E-state index contributed by atoms with van der Waals surface area (Å²) in [6.45, 7) is 9.16. The first-order chi connectivity index (χ1) is 15.0. The number of anilines is 1. The summed E-state index contributed by atoms with van der Waals surface area (Å²) in [4.78, 5) is 22.5. The molecule has 0 amide bonds. The van der Waals surface area contributed by atoms with Crippen molar-refractivity contribution in [3.63, 3.8) is 0 Å². The number of rotatable bonds is 6. The smallest absolute Gasteiger partial charge is 0.306 e. The van der Waals surface area contributed by atoms with Crippen LogP contribution in [0.2, 0.25) is 0 Å². The van der Waals surface area contributed by atoms with E-state index in [0.29, 0.717) is 43.0 Å². The Balaban J connectivity index is 1.75. The molecule has 1 aliphatic rings. The highest BCUT2D eigenvalue weighted by atomic mass is 79.9. The van der Waals surface area contributed by atoms with E-state index < -0.39 is 17.4 Å². The van der Waals surface area contributed by atoms with Crippen molar-refractivity contribution in [2.24, 2.45) is 11.8 Å². The van der Waals surface area contributed by atoms with E-state index in [9.17, 15) is 13.6 Å². The normalized spacial score (nSPS) is 19.2. The van der Waals surface area contributed by atoms with Gasteiger partial charge in [0.05, 0.1) is 6.42 Å². The lowest BCUT2D eigenvalue weighted by Gasteiger charge is -2.39. The molecule has 0 radical (unpaired) electrons. The zero-order valence-corrected chi connectivity index (χ0v) is 20.6. The molecule has 1 aliphatic heterocycles. The molecule has 2 aromatic rings.